The summed E-state index contributed by atoms with van der Waals surface area (Å²) >= 11 is 0. The lowest BCUT2D eigenvalue weighted by molar-refractivity contribution is -0.689. The van der Waals surface area contributed by atoms with Gasteiger partial charge in [-0.15, -0.1) is 4.57 Å². The molecule has 0 aliphatic heterocycles. The van der Waals surface area contributed by atoms with Crippen molar-refractivity contribution in [2.24, 2.45) is 0 Å². The molecule has 0 radical (unpaired) electrons. The molecule has 2 rings (SSSR count). The molecule has 6 nitrogen and oxygen atoms in total. The van der Waals surface area contributed by atoms with Gasteiger partial charge in [0, 0.05) is 23.9 Å². The number of rotatable bonds is 4. The van der Waals surface area contributed by atoms with Crippen molar-refractivity contribution >= 4 is 16.6 Å². The van der Waals surface area contributed by atoms with Crippen molar-refractivity contribution in [1.82, 2.24) is 9.97 Å². The van der Waals surface area contributed by atoms with Gasteiger partial charge >= 0.3 is 5.51 Å². The number of anilines is 1. The molecule has 0 fully saturated rings. The Kier molecular flexibility index (Phi) is 5.82. The van der Waals surface area contributed by atoms with Crippen LogP contribution in [0.4, 0.5) is 5.82 Å². The molecule has 0 amide bonds. The van der Waals surface area contributed by atoms with E-state index in [2.05, 4.69) is 9.97 Å². The summed E-state index contributed by atoms with van der Waals surface area (Å²) in [6, 6.07) is 0. The van der Waals surface area contributed by atoms with Crippen molar-refractivity contribution in [3.05, 3.63) is 33.7 Å². The Morgan fingerprint density at radius 1 is 1.45 bits per heavy atom. The maximum absolute atomic E-state index is 11.9. The van der Waals surface area contributed by atoms with Crippen LogP contribution in [0.15, 0.2) is 11.7 Å². The summed E-state index contributed by atoms with van der Waals surface area (Å²) in [4.78, 5) is 8.99. The lowest BCUT2D eigenvalue weighted by Gasteiger charge is -2.00. The van der Waals surface area contributed by atoms with Crippen LogP contribution in [0.5, 0.6) is 0 Å². The predicted octanol–water partition coefficient (Wildman–Crippen LogP) is -2.72. The molecular weight excluding hydrogens is 300 g/mol. The maximum Gasteiger partial charge on any atom is 0.368 e. The van der Waals surface area contributed by atoms with Gasteiger partial charge in [-0.05, 0) is 6.92 Å². The molecule has 1 atom stereocenters. The number of nitrogen functional groups attached to an aromatic ring is 1. The summed E-state index contributed by atoms with van der Waals surface area (Å²) in [7, 11) is -1.17. The Balaban J connectivity index is 0.00000200. The quantitative estimate of drug-likeness (QED) is 0.472. The van der Waals surface area contributed by atoms with E-state index in [-0.39, 0.29) is 19.0 Å². The van der Waals surface area contributed by atoms with Crippen LogP contribution in [-0.4, -0.2) is 26.2 Å². The van der Waals surface area contributed by atoms with E-state index in [0.29, 0.717) is 24.6 Å². The van der Waals surface area contributed by atoms with E-state index in [0.717, 1.165) is 16.1 Å². The fourth-order valence-electron chi connectivity index (χ4n) is 1.92. The zero-order valence-electron chi connectivity index (χ0n) is 11.3. The van der Waals surface area contributed by atoms with Gasteiger partial charge in [0.25, 0.3) is 0 Å². The topological polar surface area (TPSA) is 99.0 Å². The highest BCUT2D eigenvalue weighted by Gasteiger charge is 2.25. The Morgan fingerprint density at radius 2 is 2.15 bits per heavy atom. The lowest BCUT2D eigenvalue weighted by atomic mass is 10.2. The first-order valence-electron chi connectivity index (χ1n) is 5.93. The van der Waals surface area contributed by atoms with E-state index >= 15 is 0 Å². The number of nitrogens with two attached hydrogens (primary N) is 1. The van der Waals surface area contributed by atoms with Crippen LogP contribution in [0.1, 0.15) is 22.0 Å². The molecule has 2 aromatic rings. The molecule has 110 valence electrons. The molecule has 0 saturated carbocycles. The van der Waals surface area contributed by atoms with Crippen LogP contribution < -0.4 is 22.7 Å². The molecule has 0 saturated heterocycles. The third kappa shape index (κ3) is 3.43. The van der Waals surface area contributed by atoms with Gasteiger partial charge in [0.1, 0.15) is 11.6 Å². The van der Waals surface area contributed by atoms with Gasteiger partial charge in [0.05, 0.1) is 18.6 Å². The number of aliphatic hydroxyl groups is 1. The molecule has 0 aliphatic rings. The van der Waals surface area contributed by atoms with Crippen molar-refractivity contribution in [1.29, 1.82) is 0 Å². The second kappa shape index (κ2) is 6.94. The van der Waals surface area contributed by atoms with Gasteiger partial charge in [-0.1, -0.05) is 0 Å². The predicted molar refractivity (Wildman–Crippen MR) is 71.1 cm³/mol. The highest BCUT2D eigenvalue weighted by molar-refractivity contribution is 7.23. The average Bonchev–Trinajstić information content (AvgIpc) is 2.61. The maximum atomic E-state index is 11.9. The normalized spacial score (nSPS) is 11.3. The lowest BCUT2D eigenvalue weighted by Crippen LogP contribution is -3.00. The molecular formula is C12H17ClN4O2S. The number of hydrogen-bond donors (Lipinski definition) is 2. The molecule has 1 unspecified atom stereocenters. The number of halogens is 1. The Morgan fingerprint density at radius 3 is 2.75 bits per heavy atom. The standard InChI is InChI=1S/C12H17N4O2S.ClH/c1-8-11(3-4-17)19(18)7-16(8)6-10-5-14-9(2)15-12(10)13;/h5,7,17H,3-4,6H2,1-2H3,(H2,13,14,15);1H/q+1;/p-1. The minimum atomic E-state index is -1.17. The van der Waals surface area contributed by atoms with E-state index in [1.165, 1.54) is 0 Å². The number of aromatic nitrogens is 3. The van der Waals surface area contributed by atoms with Crippen LogP contribution >= 0.6 is 10.8 Å². The fourth-order valence-corrected chi connectivity index (χ4v) is 3.21. The molecule has 2 heterocycles. The van der Waals surface area contributed by atoms with E-state index < -0.39 is 10.8 Å². The fraction of sp³-hybridized carbons (Fsp3) is 0.417. The minimum Gasteiger partial charge on any atom is -1.00 e. The smallest absolute Gasteiger partial charge is 0.368 e. The first-order valence-corrected chi connectivity index (χ1v) is 7.15. The molecule has 0 aliphatic carbocycles. The molecule has 8 heteroatoms. The van der Waals surface area contributed by atoms with Gasteiger partial charge in [-0.2, -0.15) is 0 Å². The van der Waals surface area contributed by atoms with E-state index in [1.54, 1.807) is 18.6 Å². The van der Waals surface area contributed by atoms with E-state index in [9.17, 15) is 4.55 Å². The zero-order chi connectivity index (χ0) is 14.0. The highest BCUT2D eigenvalue weighted by atomic mass is 35.5. The molecule has 2 aromatic heterocycles. The highest BCUT2D eigenvalue weighted by Crippen LogP contribution is 2.21. The first kappa shape index (κ1) is 16.8. The summed E-state index contributed by atoms with van der Waals surface area (Å²) in [6.45, 7) is 4.15. The number of aliphatic hydroxyl groups excluding tert-OH is 1. The van der Waals surface area contributed by atoms with Crippen molar-refractivity contribution in [2.75, 3.05) is 12.3 Å². The molecule has 0 bridgehead atoms. The van der Waals surface area contributed by atoms with Crippen LogP contribution in [-0.2, 0) is 13.0 Å². The molecule has 20 heavy (non-hydrogen) atoms. The van der Waals surface area contributed by atoms with Gasteiger partial charge in [-0.25, -0.2) is 9.97 Å². The summed E-state index contributed by atoms with van der Waals surface area (Å²) in [5, 5.41) is 8.97. The van der Waals surface area contributed by atoms with Crippen LogP contribution in [0.25, 0.3) is 0 Å². The third-order valence-corrected chi connectivity index (χ3v) is 4.43. The monoisotopic (exact) mass is 316 g/mol. The number of nitrogens with zero attached hydrogens (tertiary/aromatic N) is 3. The summed E-state index contributed by atoms with van der Waals surface area (Å²) < 4.78 is 13.8. The van der Waals surface area contributed by atoms with Crippen molar-refractivity contribution in [2.45, 2.75) is 26.8 Å². The molecule has 0 aromatic carbocycles. The van der Waals surface area contributed by atoms with Gasteiger partial charge in [0.15, 0.2) is 6.54 Å². The minimum absolute atomic E-state index is 0. The first-order chi connectivity index (χ1) is 9.02. The van der Waals surface area contributed by atoms with Crippen molar-refractivity contribution in [3.63, 3.8) is 0 Å². The zero-order valence-corrected chi connectivity index (χ0v) is 12.9. The number of hydrogen-bond acceptors (Lipinski definition) is 5. The Bertz CT molecular complexity index is 603. The van der Waals surface area contributed by atoms with E-state index in [1.807, 2.05) is 11.5 Å². The summed E-state index contributed by atoms with van der Waals surface area (Å²) in [5.41, 5.74) is 9.18. The van der Waals surface area contributed by atoms with Crippen LogP contribution in [0.2, 0.25) is 0 Å². The Hall–Kier alpha value is -1.28. The SMILES string of the molecule is Cc1ncc(C[n+]2c[s+]([O-])c(CCO)c2C)c(N)n1.[Cl-]. The van der Waals surface area contributed by atoms with Crippen molar-refractivity contribution < 1.29 is 26.6 Å². The van der Waals surface area contributed by atoms with Crippen molar-refractivity contribution in [3.8, 4) is 0 Å². The van der Waals surface area contributed by atoms with Gasteiger partial charge < -0.3 is 27.8 Å². The van der Waals surface area contributed by atoms with Crippen LogP contribution in [0, 0.1) is 13.8 Å². The Labute approximate surface area is 126 Å². The second-order valence-corrected chi connectivity index (χ2v) is 5.64. The van der Waals surface area contributed by atoms with Gasteiger partial charge in [-0.3, -0.25) is 0 Å². The largest absolute Gasteiger partial charge is 1.00 e. The van der Waals surface area contributed by atoms with E-state index in [4.69, 9.17) is 10.8 Å². The summed E-state index contributed by atoms with van der Waals surface area (Å²) in [6.07, 6.45) is 2.11. The third-order valence-electron chi connectivity index (χ3n) is 3.00. The summed E-state index contributed by atoms with van der Waals surface area (Å²) in [5.74, 6) is 1.07. The second-order valence-electron chi connectivity index (χ2n) is 4.34. The number of thiazole rings is 1. The average molecular weight is 317 g/mol. The number of aryl methyl sites for hydroxylation is 1. The van der Waals surface area contributed by atoms with Crippen LogP contribution in [0.3, 0.4) is 0 Å². The van der Waals surface area contributed by atoms with Gasteiger partial charge in [0.2, 0.25) is 10.6 Å². The molecule has 3 N–H and O–H groups in total. The molecule has 0 spiro atoms.